The number of halogens is 1. The Balaban J connectivity index is 2.10. The molecule has 0 heterocycles. The Hall–Kier alpha value is -2.19. The average Bonchev–Trinajstić information content (AvgIpc) is 2.41. The molecule has 2 aromatic carbocycles. The normalized spacial score (nSPS) is 11.0. The number of rotatable bonds is 4. The molecule has 0 saturated carbocycles. The highest BCUT2D eigenvalue weighted by Gasteiger charge is 2.13. The third kappa shape index (κ3) is 3.90. The molecule has 0 aliphatic rings. The van der Waals surface area contributed by atoms with Crippen molar-refractivity contribution in [2.45, 2.75) is 11.5 Å². The number of nitriles is 1. The van der Waals surface area contributed by atoms with Crippen LogP contribution < -0.4 is 0 Å². The monoisotopic (exact) mass is 289 g/mol. The van der Waals surface area contributed by atoms with E-state index in [1.165, 1.54) is 24.3 Å². The van der Waals surface area contributed by atoms with Gasteiger partial charge in [0.2, 0.25) is 0 Å². The Morgan fingerprint density at radius 3 is 1.80 bits per heavy atom. The largest absolute Gasteiger partial charge is 0.228 e. The van der Waals surface area contributed by atoms with Gasteiger partial charge in [0.05, 0.1) is 23.1 Å². The predicted octanol–water partition coefficient (Wildman–Crippen LogP) is 2.81. The van der Waals surface area contributed by atoms with E-state index >= 15 is 0 Å². The van der Waals surface area contributed by atoms with E-state index in [4.69, 9.17) is 5.26 Å². The molecule has 0 spiro atoms. The number of nitrogens with zero attached hydrogens (tertiary/aromatic N) is 1. The second kappa shape index (κ2) is 5.85. The lowest BCUT2D eigenvalue weighted by Gasteiger charge is -2.05. The van der Waals surface area contributed by atoms with Crippen LogP contribution in [0.2, 0.25) is 0 Å². The second-order valence-electron chi connectivity index (χ2n) is 4.47. The topological polar surface area (TPSA) is 57.9 Å². The van der Waals surface area contributed by atoms with Crippen LogP contribution in [0.4, 0.5) is 4.39 Å². The van der Waals surface area contributed by atoms with Crippen LogP contribution >= 0.6 is 0 Å². The molecule has 0 bridgehead atoms. The molecule has 2 aromatic rings. The fraction of sp³-hybridized carbons (Fsp3) is 0.133. The number of hydrogen-bond acceptors (Lipinski definition) is 3. The molecular weight excluding hydrogens is 277 g/mol. The predicted molar refractivity (Wildman–Crippen MR) is 73.9 cm³/mol. The third-order valence-corrected chi connectivity index (χ3v) is 4.32. The van der Waals surface area contributed by atoms with E-state index in [-0.39, 0.29) is 11.5 Å². The summed E-state index contributed by atoms with van der Waals surface area (Å²) in [6, 6.07) is 13.8. The summed E-state index contributed by atoms with van der Waals surface area (Å²) in [5, 5.41) is 8.68. The maximum Gasteiger partial charge on any atom is 0.158 e. The van der Waals surface area contributed by atoms with Crippen LogP contribution in [-0.4, -0.2) is 8.42 Å². The van der Waals surface area contributed by atoms with Gasteiger partial charge in [-0.2, -0.15) is 5.26 Å². The summed E-state index contributed by atoms with van der Waals surface area (Å²) in [6.07, 6.45) is 0. The first-order valence-corrected chi connectivity index (χ1v) is 7.74. The zero-order chi connectivity index (χ0) is 14.6. The van der Waals surface area contributed by atoms with Gasteiger partial charge in [0.25, 0.3) is 0 Å². The molecule has 0 aliphatic heterocycles. The van der Waals surface area contributed by atoms with Gasteiger partial charge in [-0.15, -0.1) is 0 Å². The zero-order valence-electron chi connectivity index (χ0n) is 10.6. The van der Waals surface area contributed by atoms with Crippen LogP contribution in [0.3, 0.4) is 0 Å². The molecule has 20 heavy (non-hydrogen) atoms. The SMILES string of the molecule is N#Cc1ccc(CS(=O)(=O)Cc2ccc(F)cc2)cc1. The van der Waals surface area contributed by atoms with Crippen molar-refractivity contribution in [1.29, 1.82) is 5.26 Å². The summed E-state index contributed by atoms with van der Waals surface area (Å²) in [6.45, 7) is 0. The molecule has 0 aliphatic carbocycles. The lowest BCUT2D eigenvalue weighted by Crippen LogP contribution is -2.07. The molecule has 102 valence electrons. The maximum absolute atomic E-state index is 12.8. The molecule has 0 saturated heterocycles. The summed E-state index contributed by atoms with van der Waals surface area (Å²) in [5.74, 6) is -0.623. The lowest BCUT2D eigenvalue weighted by atomic mass is 10.2. The first kappa shape index (κ1) is 14.2. The number of benzene rings is 2. The highest BCUT2D eigenvalue weighted by molar-refractivity contribution is 7.89. The van der Waals surface area contributed by atoms with E-state index in [2.05, 4.69) is 0 Å². The molecule has 2 rings (SSSR count). The van der Waals surface area contributed by atoms with Gasteiger partial charge in [-0.05, 0) is 35.4 Å². The molecule has 5 heteroatoms. The minimum Gasteiger partial charge on any atom is -0.228 e. The molecule has 0 aromatic heterocycles. The Labute approximate surface area is 117 Å². The van der Waals surface area contributed by atoms with E-state index in [9.17, 15) is 12.8 Å². The number of hydrogen-bond donors (Lipinski definition) is 0. The molecule has 0 unspecified atom stereocenters. The molecule has 0 radical (unpaired) electrons. The van der Waals surface area contributed by atoms with E-state index < -0.39 is 15.7 Å². The minimum absolute atomic E-state index is 0.101. The Kier molecular flexibility index (Phi) is 4.16. The molecule has 0 amide bonds. The first-order chi connectivity index (χ1) is 9.48. The van der Waals surface area contributed by atoms with E-state index in [1.807, 2.05) is 6.07 Å². The van der Waals surface area contributed by atoms with Gasteiger partial charge < -0.3 is 0 Å². The van der Waals surface area contributed by atoms with Gasteiger partial charge in [0, 0.05) is 0 Å². The average molecular weight is 289 g/mol. The summed E-state index contributed by atoms with van der Waals surface area (Å²) in [4.78, 5) is 0. The first-order valence-electron chi connectivity index (χ1n) is 5.92. The quantitative estimate of drug-likeness (QED) is 0.869. The van der Waals surface area contributed by atoms with E-state index in [0.717, 1.165) is 0 Å². The highest BCUT2D eigenvalue weighted by atomic mass is 32.2. The smallest absolute Gasteiger partial charge is 0.158 e. The fourth-order valence-electron chi connectivity index (χ4n) is 1.82. The van der Waals surface area contributed by atoms with Gasteiger partial charge in [-0.1, -0.05) is 24.3 Å². The second-order valence-corrected chi connectivity index (χ2v) is 6.53. The van der Waals surface area contributed by atoms with E-state index in [1.54, 1.807) is 24.3 Å². The fourth-order valence-corrected chi connectivity index (χ4v) is 3.32. The molecular formula is C15H12FNO2S. The van der Waals surface area contributed by atoms with Crippen LogP contribution in [-0.2, 0) is 21.3 Å². The third-order valence-electron chi connectivity index (χ3n) is 2.77. The Morgan fingerprint density at radius 2 is 1.35 bits per heavy atom. The van der Waals surface area contributed by atoms with Crippen molar-refractivity contribution in [3.63, 3.8) is 0 Å². The van der Waals surface area contributed by atoms with Gasteiger partial charge in [-0.25, -0.2) is 12.8 Å². The van der Waals surface area contributed by atoms with Gasteiger partial charge in [0.1, 0.15) is 5.82 Å². The standard InChI is InChI=1S/C15H12FNO2S/c16-15-7-5-14(6-8-15)11-20(18,19)10-13-3-1-12(9-17)2-4-13/h1-8H,10-11H2. The van der Waals surface area contributed by atoms with Crippen molar-refractivity contribution >= 4 is 9.84 Å². The van der Waals surface area contributed by atoms with Crippen LogP contribution in [0, 0.1) is 17.1 Å². The molecule has 3 nitrogen and oxygen atoms in total. The maximum atomic E-state index is 12.8. The van der Waals surface area contributed by atoms with Crippen LogP contribution in [0.25, 0.3) is 0 Å². The van der Waals surface area contributed by atoms with Crippen LogP contribution in [0.15, 0.2) is 48.5 Å². The summed E-state index contributed by atoms with van der Waals surface area (Å²) in [7, 11) is -3.33. The Morgan fingerprint density at radius 1 is 0.900 bits per heavy atom. The van der Waals surface area contributed by atoms with Crippen molar-refractivity contribution in [1.82, 2.24) is 0 Å². The molecule has 0 N–H and O–H groups in total. The Bertz CT molecular complexity index is 729. The van der Waals surface area contributed by atoms with E-state index in [0.29, 0.717) is 16.7 Å². The van der Waals surface area contributed by atoms with Crippen molar-refractivity contribution in [3.8, 4) is 6.07 Å². The summed E-state index contributed by atoms with van der Waals surface area (Å²) >= 11 is 0. The van der Waals surface area contributed by atoms with Gasteiger partial charge in [0.15, 0.2) is 9.84 Å². The highest BCUT2D eigenvalue weighted by Crippen LogP contribution is 2.13. The van der Waals surface area contributed by atoms with Gasteiger partial charge >= 0.3 is 0 Å². The summed E-state index contributed by atoms with van der Waals surface area (Å²) in [5.41, 5.74) is 1.68. The lowest BCUT2D eigenvalue weighted by molar-refractivity contribution is 0.594. The minimum atomic E-state index is -3.33. The molecule has 0 atom stereocenters. The molecule has 0 fully saturated rings. The number of sulfone groups is 1. The van der Waals surface area contributed by atoms with Crippen molar-refractivity contribution in [2.75, 3.05) is 0 Å². The van der Waals surface area contributed by atoms with Gasteiger partial charge in [-0.3, -0.25) is 0 Å². The van der Waals surface area contributed by atoms with Crippen molar-refractivity contribution in [2.24, 2.45) is 0 Å². The van der Waals surface area contributed by atoms with Crippen molar-refractivity contribution < 1.29 is 12.8 Å². The summed E-state index contributed by atoms with van der Waals surface area (Å²) < 4.78 is 36.9. The van der Waals surface area contributed by atoms with Crippen LogP contribution in [0.5, 0.6) is 0 Å². The van der Waals surface area contributed by atoms with Crippen LogP contribution in [0.1, 0.15) is 16.7 Å². The zero-order valence-corrected chi connectivity index (χ0v) is 11.4. The van der Waals surface area contributed by atoms with Crippen molar-refractivity contribution in [3.05, 3.63) is 71.0 Å².